The molecule has 1 saturated heterocycles. The largest absolute Gasteiger partial charge is 0.366 e. The Kier molecular flexibility index (Phi) is 5.26. The SMILES string of the molecule is CCc1cc2ncc(CN3CCN4c5ccc(C(=O)NC)nc5NCC4C3)cc2[nH]c1=O. The smallest absolute Gasteiger partial charge is 0.269 e. The van der Waals surface area contributed by atoms with Gasteiger partial charge in [-0.1, -0.05) is 6.92 Å². The molecule has 1 atom stereocenters. The van der Waals surface area contributed by atoms with E-state index in [-0.39, 0.29) is 11.5 Å². The fourth-order valence-corrected chi connectivity index (χ4v) is 4.61. The van der Waals surface area contributed by atoms with Gasteiger partial charge in [0.2, 0.25) is 0 Å². The summed E-state index contributed by atoms with van der Waals surface area (Å²) in [7, 11) is 1.61. The second kappa shape index (κ2) is 8.23. The molecule has 9 nitrogen and oxygen atoms in total. The molecule has 3 aromatic heterocycles. The number of aromatic nitrogens is 3. The summed E-state index contributed by atoms with van der Waals surface area (Å²) in [6.45, 7) is 6.24. The van der Waals surface area contributed by atoms with E-state index < -0.39 is 0 Å². The summed E-state index contributed by atoms with van der Waals surface area (Å²) in [4.78, 5) is 40.9. The van der Waals surface area contributed by atoms with Crippen LogP contribution >= 0.6 is 0 Å². The van der Waals surface area contributed by atoms with Crippen LogP contribution in [0.15, 0.2) is 35.3 Å². The van der Waals surface area contributed by atoms with Gasteiger partial charge in [0.1, 0.15) is 5.69 Å². The van der Waals surface area contributed by atoms with E-state index in [0.29, 0.717) is 18.2 Å². The highest BCUT2D eigenvalue weighted by molar-refractivity contribution is 5.93. The van der Waals surface area contributed by atoms with Crippen molar-refractivity contribution in [2.75, 3.05) is 43.4 Å². The molecule has 0 saturated carbocycles. The molecule has 0 bridgehead atoms. The van der Waals surface area contributed by atoms with Crippen LogP contribution in [0.4, 0.5) is 11.5 Å². The van der Waals surface area contributed by atoms with E-state index in [9.17, 15) is 9.59 Å². The van der Waals surface area contributed by atoms with Crippen LogP contribution in [0.5, 0.6) is 0 Å². The Labute approximate surface area is 185 Å². The first kappa shape index (κ1) is 20.4. The standard InChI is InChI=1S/C23H27N7O2/c1-3-15-9-18-19(28-22(15)31)8-14(10-25-18)12-29-6-7-30-16(13-29)11-26-21-20(30)5-4-17(27-21)23(32)24-2/h4-5,8-10,16H,3,6-7,11-13H2,1-2H3,(H,24,32)(H,26,27)(H,28,31). The second-order valence-electron chi connectivity index (χ2n) is 8.36. The minimum atomic E-state index is -0.183. The average molecular weight is 434 g/mol. The lowest BCUT2D eigenvalue weighted by molar-refractivity contribution is 0.0958. The van der Waals surface area contributed by atoms with Crippen molar-refractivity contribution in [2.45, 2.75) is 25.9 Å². The number of piperazine rings is 1. The summed E-state index contributed by atoms with van der Waals surface area (Å²) in [5.74, 6) is 0.586. The number of H-pyrrole nitrogens is 1. The summed E-state index contributed by atoms with van der Waals surface area (Å²) >= 11 is 0. The molecule has 1 amide bonds. The molecule has 3 aromatic rings. The van der Waals surface area contributed by atoms with Crippen molar-refractivity contribution in [1.82, 2.24) is 25.2 Å². The van der Waals surface area contributed by atoms with Gasteiger partial charge in [-0.2, -0.15) is 0 Å². The van der Waals surface area contributed by atoms with Gasteiger partial charge in [0, 0.05) is 51.5 Å². The van der Waals surface area contributed by atoms with Gasteiger partial charge in [0.25, 0.3) is 11.5 Å². The van der Waals surface area contributed by atoms with Gasteiger partial charge in [-0.25, -0.2) is 4.98 Å². The van der Waals surface area contributed by atoms with E-state index >= 15 is 0 Å². The number of carbonyl (C=O) groups excluding carboxylic acids is 1. The molecule has 2 aliphatic heterocycles. The summed E-state index contributed by atoms with van der Waals surface area (Å²) < 4.78 is 0. The lowest BCUT2D eigenvalue weighted by Gasteiger charge is -2.46. The number of hydrogen-bond acceptors (Lipinski definition) is 7. The first-order valence-corrected chi connectivity index (χ1v) is 11.0. The Morgan fingerprint density at radius 1 is 1.28 bits per heavy atom. The summed E-state index contributed by atoms with van der Waals surface area (Å²) in [6.07, 6.45) is 2.60. The molecule has 32 heavy (non-hydrogen) atoms. The predicted octanol–water partition coefficient (Wildman–Crippen LogP) is 1.36. The van der Waals surface area contributed by atoms with Crippen molar-refractivity contribution in [3.05, 3.63) is 57.6 Å². The van der Waals surface area contributed by atoms with Crippen LogP contribution in [-0.2, 0) is 13.0 Å². The third-order valence-electron chi connectivity index (χ3n) is 6.33. The maximum atomic E-state index is 12.2. The maximum Gasteiger partial charge on any atom is 0.269 e. The molecule has 1 fully saturated rings. The molecule has 9 heteroatoms. The number of amides is 1. The Bertz CT molecular complexity index is 1240. The number of aryl methyl sites for hydroxylation is 1. The first-order valence-electron chi connectivity index (χ1n) is 11.0. The van der Waals surface area contributed by atoms with Crippen LogP contribution in [-0.4, -0.2) is 65.0 Å². The van der Waals surface area contributed by atoms with E-state index in [4.69, 9.17) is 0 Å². The molecule has 0 radical (unpaired) electrons. The fraction of sp³-hybridized carbons (Fsp3) is 0.391. The summed E-state index contributed by atoms with van der Waals surface area (Å²) in [5.41, 5.74) is 4.89. The highest BCUT2D eigenvalue weighted by Crippen LogP contribution is 2.32. The number of hydrogen-bond donors (Lipinski definition) is 3. The zero-order valence-electron chi connectivity index (χ0n) is 18.3. The van der Waals surface area contributed by atoms with E-state index in [1.165, 1.54) is 0 Å². The van der Waals surface area contributed by atoms with Crippen LogP contribution in [0.25, 0.3) is 11.0 Å². The number of nitrogens with zero attached hydrogens (tertiary/aromatic N) is 4. The summed E-state index contributed by atoms with van der Waals surface area (Å²) in [6, 6.07) is 8.00. The Balaban J connectivity index is 1.30. The van der Waals surface area contributed by atoms with Crippen LogP contribution in [0.2, 0.25) is 0 Å². The van der Waals surface area contributed by atoms with E-state index in [2.05, 4.69) is 35.4 Å². The Morgan fingerprint density at radius 3 is 2.97 bits per heavy atom. The number of fused-ring (bicyclic) bond motifs is 4. The molecule has 2 aliphatic rings. The lowest BCUT2D eigenvalue weighted by Crippen LogP contribution is -2.57. The topological polar surface area (TPSA) is 106 Å². The molecule has 166 valence electrons. The summed E-state index contributed by atoms with van der Waals surface area (Å²) in [5, 5.41) is 6.01. The van der Waals surface area contributed by atoms with Gasteiger partial charge in [0.05, 0.1) is 22.8 Å². The molecule has 1 unspecified atom stereocenters. The van der Waals surface area contributed by atoms with Gasteiger partial charge in [-0.3, -0.25) is 19.5 Å². The molecule has 0 aromatic carbocycles. The number of nitrogens with one attached hydrogen (secondary N) is 3. The van der Waals surface area contributed by atoms with Crippen LogP contribution < -0.4 is 21.1 Å². The van der Waals surface area contributed by atoms with Crippen molar-refractivity contribution in [3.63, 3.8) is 0 Å². The minimum Gasteiger partial charge on any atom is -0.366 e. The Morgan fingerprint density at radius 2 is 2.16 bits per heavy atom. The second-order valence-corrected chi connectivity index (χ2v) is 8.36. The van der Waals surface area contributed by atoms with Crippen LogP contribution in [0.1, 0.15) is 28.5 Å². The van der Waals surface area contributed by atoms with Crippen molar-refractivity contribution < 1.29 is 4.79 Å². The highest BCUT2D eigenvalue weighted by atomic mass is 16.1. The molecular formula is C23H27N7O2. The molecule has 0 aliphatic carbocycles. The fourth-order valence-electron chi connectivity index (χ4n) is 4.61. The zero-order chi connectivity index (χ0) is 22.2. The van der Waals surface area contributed by atoms with Gasteiger partial charge in [-0.05, 0) is 36.2 Å². The average Bonchev–Trinajstić information content (AvgIpc) is 2.82. The monoisotopic (exact) mass is 433 g/mol. The Hall–Kier alpha value is -3.46. The van der Waals surface area contributed by atoms with Crippen LogP contribution in [0.3, 0.4) is 0 Å². The number of pyridine rings is 3. The van der Waals surface area contributed by atoms with E-state index in [1.54, 1.807) is 13.1 Å². The quantitative estimate of drug-likeness (QED) is 0.570. The minimum absolute atomic E-state index is 0.0345. The number of rotatable bonds is 4. The van der Waals surface area contributed by atoms with Crippen molar-refractivity contribution in [2.24, 2.45) is 0 Å². The van der Waals surface area contributed by atoms with Crippen LogP contribution in [0, 0.1) is 0 Å². The van der Waals surface area contributed by atoms with Gasteiger partial charge < -0.3 is 20.5 Å². The number of aromatic amines is 1. The first-order chi connectivity index (χ1) is 15.6. The molecule has 5 heterocycles. The van der Waals surface area contributed by atoms with E-state index in [0.717, 1.165) is 66.4 Å². The molecular weight excluding hydrogens is 406 g/mol. The lowest BCUT2D eigenvalue weighted by atomic mass is 10.1. The van der Waals surface area contributed by atoms with Crippen molar-refractivity contribution in [3.8, 4) is 0 Å². The van der Waals surface area contributed by atoms with Crippen molar-refractivity contribution in [1.29, 1.82) is 0 Å². The molecule has 3 N–H and O–H groups in total. The predicted molar refractivity (Wildman–Crippen MR) is 124 cm³/mol. The third-order valence-corrected chi connectivity index (χ3v) is 6.33. The number of anilines is 2. The zero-order valence-corrected chi connectivity index (χ0v) is 18.3. The van der Waals surface area contributed by atoms with Gasteiger partial charge >= 0.3 is 0 Å². The normalized spacial score (nSPS) is 18.1. The van der Waals surface area contributed by atoms with Gasteiger partial charge in [0.15, 0.2) is 5.82 Å². The van der Waals surface area contributed by atoms with Crippen molar-refractivity contribution >= 4 is 28.4 Å². The maximum absolute atomic E-state index is 12.2. The molecule has 0 spiro atoms. The third kappa shape index (κ3) is 3.69. The van der Waals surface area contributed by atoms with Gasteiger partial charge in [-0.15, -0.1) is 0 Å². The number of carbonyl (C=O) groups is 1. The van der Waals surface area contributed by atoms with E-state index in [1.807, 2.05) is 31.3 Å². The molecule has 5 rings (SSSR count). The highest BCUT2D eigenvalue weighted by Gasteiger charge is 2.32.